The molecule has 0 amide bonds. The molecular weight excluding hydrogens is 1050 g/mol. The Morgan fingerprint density at radius 1 is 0.365 bits per heavy atom. The van der Waals surface area contributed by atoms with Crippen LogP contribution in [-0.4, -0.2) is 87.4 Å². The van der Waals surface area contributed by atoms with Crippen molar-refractivity contribution in [2.24, 2.45) is 0 Å². The molecule has 0 saturated heterocycles. The first kappa shape index (κ1) is 81.0. The van der Waals surface area contributed by atoms with Crippen LogP contribution >= 0.6 is 0 Å². The predicted molar refractivity (Wildman–Crippen MR) is 364 cm³/mol. The van der Waals surface area contributed by atoms with Gasteiger partial charge in [-0.2, -0.15) is 0 Å². The van der Waals surface area contributed by atoms with Gasteiger partial charge in [0.15, 0.2) is 6.10 Å². The first-order valence-corrected chi connectivity index (χ1v) is 35.1. The number of ether oxygens (including phenoxy) is 4. The van der Waals surface area contributed by atoms with Gasteiger partial charge in [0.25, 0.3) is 6.29 Å². The lowest BCUT2D eigenvalue weighted by atomic mass is 10.0. The Bertz CT molecular complexity index is 1760. The summed E-state index contributed by atoms with van der Waals surface area (Å²) in [6.07, 6.45) is 89.1. The smallest absolute Gasteiger partial charge is 0.361 e. The number of hydrogen-bond donors (Lipinski definition) is 1. The van der Waals surface area contributed by atoms with Gasteiger partial charge in [-0.15, -0.1) is 0 Å². The molecule has 0 radical (unpaired) electrons. The zero-order valence-electron chi connectivity index (χ0n) is 55.7. The number of carbonyl (C=O) groups is 3. The Morgan fingerprint density at radius 3 is 1.01 bits per heavy atom. The van der Waals surface area contributed by atoms with Crippen molar-refractivity contribution in [2.75, 3.05) is 47.5 Å². The number of nitrogens with zero attached hydrogens (tertiary/aromatic N) is 1. The number of aliphatic carboxylic acids is 1. The molecule has 0 heterocycles. The Kier molecular flexibility index (Phi) is 62.8. The number of carboxylic acids is 1. The van der Waals surface area contributed by atoms with E-state index in [0.717, 1.165) is 96.3 Å². The van der Waals surface area contributed by atoms with Crippen LogP contribution < -0.4 is 0 Å². The molecule has 2 unspecified atom stereocenters. The summed E-state index contributed by atoms with van der Waals surface area (Å²) in [5.41, 5.74) is 0. The fraction of sp³-hybridized carbons (Fsp3) is 0.724. The van der Waals surface area contributed by atoms with Crippen LogP contribution in [0.2, 0.25) is 0 Å². The van der Waals surface area contributed by atoms with E-state index in [1.165, 1.54) is 167 Å². The highest BCUT2D eigenvalue weighted by atomic mass is 16.7. The maximum atomic E-state index is 12.9. The molecule has 2 atom stereocenters. The molecule has 0 bridgehead atoms. The van der Waals surface area contributed by atoms with Crippen LogP contribution in [0.1, 0.15) is 296 Å². The lowest BCUT2D eigenvalue weighted by Crippen LogP contribution is -2.40. The van der Waals surface area contributed by atoms with Gasteiger partial charge >= 0.3 is 17.9 Å². The highest BCUT2D eigenvalue weighted by Crippen LogP contribution is 2.17. The van der Waals surface area contributed by atoms with E-state index in [2.05, 4.69) is 123 Å². The Labute approximate surface area is 524 Å². The Balaban J connectivity index is 4.17. The lowest BCUT2D eigenvalue weighted by Gasteiger charge is -2.25. The van der Waals surface area contributed by atoms with Crippen LogP contribution in [-0.2, 0) is 33.3 Å². The molecule has 488 valence electrons. The third-order valence-electron chi connectivity index (χ3n) is 15.0. The second kappa shape index (κ2) is 65.9. The minimum absolute atomic E-state index is 0.182. The summed E-state index contributed by atoms with van der Waals surface area (Å²) in [6.45, 7) is 4.78. The molecule has 0 aromatic rings. The first-order valence-electron chi connectivity index (χ1n) is 35.1. The van der Waals surface area contributed by atoms with Crippen molar-refractivity contribution in [3.05, 3.63) is 109 Å². The first-order chi connectivity index (χ1) is 41.6. The van der Waals surface area contributed by atoms with E-state index in [0.29, 0.717) is 23.9 Å². The Hall–Kier alpha value is -4.05. The van der Waals surface area contributed by atoms with Crippen molar-refractivity contribution in [1.29, 1.82) is 0 Å². The molecular formula is C76H132NO8+. The maximum Gasteiger partial charge on any atom is 0.361 e. The summed E-state index contributed by atoms with van der Waals surface area (Å²) in [6, 6.07) is 0. The number of carboxylic acid groups (broad SMARTS) is 1. The van der Waals surface area contributed by atoms with Crippen LogP contribution in [0.3, 0.4) is 0 Å². The van der Waals surface area contributed by atoms with Gasteiger partial charge in [-0.25, -0.2) is 4.79 Å². The normalized spacial score (nSPS) is 13.4. The van der Waals surface area contributed by atoms with Gasteiger partial charge in [-0.1, -0.05) is 290 Å². The minimum atomic E-state index is -1.52. The van der Waals surface area contributed by atoms with Crippen molar-refractivity contribution in [3.8, 4) is 0 Å². The van der Waals surface area contributed by atoms with Crippen molar-refractivity contribution in [2.45, 2.75) is 309 Å². The molecule has 9 nitrogen and oxygen atoms in total. The highest BCUT2D eigenvalue weighted by molar-refractivity contribution is 5.71. The maximum absolute atomic E-state index is 12.9. The van der Waals surface area contributed by atoms with Gasteiger partial charge in [0.05, 0.1) is 34.4 Å². The molecule has 0 rings (SSSR count). The average Bonchev–Trinajstić information content (AvgIpc) is 3.49. The largest absolute Gasteiger partial charge is 0.477 e. The van der Waals surface area contributed by atoms with Crippen LogP contribution in [0, 0.1) is 0 Å². The van der Waals surface area contributed by atoms with E-state index in [9.17, 15) is 19.5 Å². The molecule has 0 fully saturated rings. The standard InChI is InChI=1S/C76H131NO8/c1-6-8-10-12-14-16-18-20-22-24-26-28-30-32-34-35-36-37-38-39-41-43-45-47-49-51-53-55-57-59-61-63-65-67-74(79)85-72(71-84-76(75(80)81)82-69-68-77(3,4)5)70-83-73(78)66-64-62-60-58-56-54-52-50-48-46-44-42-40-33-31-29-27-25-23-21-19-17-15-13-11-9-7-2/h8,10,14,16,20,22,25-28,32,34,36-37,39,41,45,47,72,76H,6-7,9,11-13,15,17-19,21,23-24,29-31,33,35,38,40,42-44,46,48-71H2,1-5H3/p+1/b10-8-,16-14-,22-20-,27-25-,28-26-,34-32-,37-36-,41-39-,47-45-. The SMILES string of the molecule is CC/C=C\C/C=C\C/C=C\C/C=C\C/C=C\C/C=C\C/C=C\C/C=C\CCCCCCCCCCC(=O)OC(COC(=O)CCCCCCCCCCCCCCCCC/C=C\CCCCCCCCCC)COC(OCC[N+](C)(C)C)C(=O)O. The number of quaternary nitrogens is 1. The number of allylic oxidation sites excluding steroid dienone is 18. The van der Waals surface area contributed by atoms with E-state index in [4.69, 9.17) is 18.9 Å². The summed E-state index contributed by atoms with van der Waals surface area (Å²) in [4.78, 5) is 37.6. The van der Waals surface area contributed by atoms with Gasteiger partial charge in [0.2, 0.25) is 0 Å². The number of carbonyl (C=O) groups excluding carboxylic acids is 2. The molecule has 0 aromatic heterocycles. The molecule has 0 spiro atoms. The second-order valence-corrected chi connectivity index (χ2v) is 24.5. The fourth-order valence-corrected chi connectivity index (χ4v) is 9.67. The van der Waals surface area contributed by atoms with Gasteiger partial charge in [-0.3, -0.25) is 9.59 Å². The number of esters is 2. The summed E-state index contributed by atoms with van der Waals surface area (Å²) in [5, 5.41) is 9.75. The molecule has 0 aliphatic carbocycles. The van der Waals surface area contributed by atoms with Gasteiger partial charge in [0, 0.05) is 12.8 Å². The molecule has 0 aliphatic heterocycles. The van der Waals surface area contributed by atoms with Gasteiger partial charge in [-0.05, 0) is 103 Å². The number of unbranched alkanes of at least 4 members (excludes halogenated alkanes) is 31. The lowest BCUT2D eigenvalue weighted by molar-refractivity contribution is -0.870. The monoisotopic (exact) mass is 1190 g/mol. The summed E-state index contributed by atoms with van der Waals surface area (Å²) < 4.78 is 23.0. The minimum Gasteiger partial charge on any atom is -0.477 e. The summed E-state index contributed by atoms with van der Waals surface area (Å²) in [7, 11) is 5.97. The quantitative estimate of drug-likeness (QED) is 0.0211. The van der Waals surface area contributed by atoms with E-state index >= 15 is 0 Å². The molecule has 0 aromatic carbocycles. The Morgan fingerprint density at radius 2 is 0.671 bits per heavy atom. The number of rotatable bonds is 64. The van der Waals surface area contributed by atoms with Crippen LogP contribution in [0.25, 0.3) is 0 Å². The molecule has 9 heteroatoms. The van der Waals surface area contributed by atoms with E-state index in [-0.39, 0.29) is 32.2 Å². The van der Waals surface area contributed by atoms with E-state index < -0.39 is 24.3 Å². The van der Waals surface area contributed by atoms with E-state index in [1.807, 2.05) is 21.1 Å². The van der Waals surface area contributed by atoms with Crippen molar-refractivity contribution in [1.82, 2.24) is 0 Å². The van der Waals surface area contributed by atoms with E-state index in [1.54, 1.807) is 0 Å². The topological polar surface area (TPSA) is 108 Å². The van der Waals surface area contributed by atoms with Gasteiger partial charge in [0.1, 0.15) is 13.2 Å². The fourth-order valence-electron chi connectivity index (χ4n) is 9.67. The molecule has 1 N–H and O–H groups in total. The van der Waals surface area contributed by atoms with Crippen LogP contribution in [0.15, 0.2) is 109 Å². The van der Waals surface area contributed by atoms with Crippen LogP contribution in [0.5, 0.6) is 0 Å². The summed E-state index contributed by atoms with van der Waals surface area (Å²) >= 11 is 0. The average molecular weight is 1190 g/mol. The van der Waals surface area contributed by atoms with Crippen LogP contribution in [0.4, 0.5) is 0 Å². The van der Waals surface area contributed by atoms with Crippen molar-refractivity contribution >= 4 is 17.9 Å². The molecule has 85 heavy (non-hydrogen) atoms. The highest BCUT2D eigenvalue weighted by Gasteiger charge is 2.25. The van der Waals surface area contributed by atoms with Gasteiger partial charge < -0.3 is 28.5 Å². The van der Waals surface area contributed by atoms with Crippen molar-refractivity contribution < 1.29 is 42.9 Å². The third-order valence-corrected chi connectivity index (χ3v) is 15.0. The number of hydrogen-bond acceptors (Lipinski definition) is 7. The van der Waals surface area contributed by atoms with Crippen molar-refractivity contribution in [3.63, 3.8) is 0 Å². The zero-order chi connectivity index (χ0) is 61.9. The zero-order valence-corrected chi connectivity index (χ0v) is 55.7. The predicted octanol–water partition coefficient (Wildman–Crippen LogP) is 21.8. The third kappa shape index (κ3) is 67.3. The summed E-state index contributed by atoms with van der Waals surface area (Å²) in [5.74, 6) is -2.01. The molecule has 0 saturated carbocycles. The molecule has 0 aliphatic rings. The second-order valence-electron chi connectivity index (χ2n) is 24.5. The number of likely N-dealkylation sites (N-methyl/N-ethyl adjacent to an activating group) is 1.